The molecule has 0 aromatic rings. The molecule has 0 amide bonds. The smallest absolute Gasteiger partial charge is 0.339 e. The summed E-state index contributed by atoms with van der Waals surface area (Å²) >= 11 is 0. The van der Waals surface area contributed by atoms with Crippen molar-refractivity contribution in [2.75, 3.05) is 21.3 Å². The number of allylic oxidation sites excluding steroid dienone is 3. The Hall–Kier alpha value is -1.43. The molecular weight excluding hydrogens is 356 g/mol. The van der Waals surface area contributed by atoms with E-state index in [1.807, 2.05) is 19.1 Å². The van der Waals surface area contributed by atoms with Gasteiger partial charge in [0.25, 0.3) is 0 Å². The molecule has 156 valence electrons. The highest BCUT2D eigenvalue weighted by molar-refractivity contribution is 5.91. The highest BCUT2D eigenvalue weighted by Crippen LogP contribution is 2.49. The molecule has 0 N–H and O–H groups in total. The van der Waals surface area contributed by atoms with E-state index < -0.39 is 17.4 Å². The third-order valence-corrected chi connectivity index (χ3v) is 6.95. The first kappa shape index (κ1) is 21.3. The van der Waals surface area contributed by atoms with Gasteiger partial charge >= 0.3 is 5.97 Å². The lowest BCUT2D eigenvalue weighted by atomic mass is 9.65. The Morgan fingerprint density at radius 3 is 2.54 bits per heavy atom. The van der Waals surface area contributed by atoms with Gasteiger partial charge in [0.1, 0.15) is 5.60 Å². The summed E-state index contributed by atoms with van der Waals surface area (Å²) in [6, 6.07) is 0. The lowest BCUT2D eigenvalue weighted by Crippen LogP contribution is -2.47. The van der Waals surface area contributed by atoms with Crippen molar-refractivity contribution in [3.05, 3.63) is 35.5 Å². The summed E-state index contributed by atoms with van der Waals surface area (Å²) in [6.07, 6.45) is 9.87. The molecule has 1 aliphatic carbocycles. The molecule has 5 nitrogen and oxygen atoms in total. The van der Waals surface area contributed by atoms with Crippen LogP contribution in [0.15, 0.2) is 35.5 Å². The number of ether oxygens (including phenoxy) is 4. The van der Waals surface area contributed by atoms with Gasteiger partial charge in [-0.05, 0) is 62.5 Å². The Kier molecular flexibility index (Phi) is 5.91. The van der Waals surface area contributed by atoms with Crippen LogP contribution in [0, 0.1) is 23.7 Å². The van der Waals surface area contributed by atoms with Crippen molar-refractivity contribution in [3.63, 3.8) is 0 Å². The SMILES string of the molecule is COC(=O)/C1=C/[C@@H]2[C@@H](C(C)C)CC=C(C)[C@@H]2C[C@H](OC)[C@]2(C)C=C[C@@]1(OC)O2. The number of hydrogen-bond acceptors (Lipinski definition) is 5. The number of rotatable bonds is 4. The Labute approximate surface area is 168 Å². The summed E-state index contributed by atoms with van der Waals surface area (Å²) in [4.78, 5) is 12.9. The van der Waals surface area contributed by atoms with Crippen LogP contribution in [0.25, 0.3) is 0 Å². The van der Waals surface area contributed by atoms with Crippen molar-refractivity contribution in [1.82, 2.24) is 0 Å². The van der Waals surface area contributed by atoms with E-state index in [-0.39, 0.29) is 17.9 Å². The average molecular weight is 391 g/mol. The molecule has 2 heterocycles. The highest BCUT2D eigenvalue weighted by Gasteiger charge is 2.54. The molecule has 0 saturated carbocycles. The van der Waals surface area contributed by atoms with Gasteiger partial charge in [-0.3, -0.25) is 0 Å². The fourth-order valence-corrected chi connectivity index (χ4v) is 5.16. The third kappa shape index (κ3) is 3.38. The van der Waals surface area contributed by atoms with E-state index in [9.17, 15) is 4.79 Å². The van der Waals surface area contributed by atoms with Gasteiger partial charge in [0.05, 0.1) is 18.8 Å². The number of methoxy groups -OCH3 is 3. The lowest BCUT2D eigenvalue weighted by molar-refractivity contribution is -0.225. The van der Waals surface area contributed by atoms with E-state index >= 15 is 0 Å². The van der Waals surface area contributed by atoms with Gasteiger partial charge in [0.15, 0.2) is 0 Å². The van der Waals surface area contributed by atoms with Gasteiger partial charge in [-0.1, -0.05) is 31.6 Å². The number of carbonyl (C=O) groups excluding carboxylic acids is 1. The molecule has 0 aromatic carbocycles. The zero-order valence-electron chi connectivity index (χ0n) is 18.2. The van der Waals surface area contributed by atoms with Gasteiger partial charge < -0.3 is 18.9 Å². The standard InChI is InChI=1S/C23H34O5/c1-14(2)16-9-8-15(3)17-13-20(25-5)22(4)10-11-23(27-7,28-22)19(12-18(16)17)21(24)26-6/h8,10-12,14,16-18,20H,9,13H2,1-7H3/b19-12-/t16-,17+,18-,20+,22+,23-/m1/s1. The van der Waals surface area contributed by atoms with Gasteiger partial charge in [-0.25, -0.2) is 4.79 Å². The van der Waals surface area contributed by atoms with E-state index in [4.69, 9.17) is 18.9 Å². The van der Waals surface area contributed by atoms with E-state index in [0.29, 0.717) is 17.4 Å². The second-order valence-corrected chi connectivity index (χ2v) is 8.80. The Morgan fingerprint density at radius 2 is 1.96 bits per heavy atom. The van der Waals surface area contributed by atoms with Crippen molar-refractivity contribution in [2.45, 2.75) is 58.0 Å². The minimum Gasteiger partial charge on any atom is -0.466 e. The lowest BCUT2D eigenvalue weighted by Gasteiger charge is -2.41. The van der Waals surface area contributed by atoms with Crippen molar-refractivity contribution in [3.8, 4) is 0 Å². The second-order valence-electron chi connectivity index (χ2n) is 8.80. The normalized spacial score (nSPS) is 42.0. The topological polar surface area (TPSA) is 54.0 Å². The zero-order valence-corrected chi connectivity index (χ0v) is 18.2. The van der Waals surface area contributed by atoms with E-state index in [0.717, 1.165) is 12.8 Å². The molecule has 0 saturated heterocycles. The maximum Gasteiger partial charge on any atom is 0.339 e. The summed E-state index contributed by atoms with van der Waals surface area (Å²) in [5.74, 6) is -0.314. The van der Waals surface area contributed by atoms with Crippen molar-refractivity contribution < 1.29 is 23.7 Å². The molecule has 0 unspecified atom stereocenters. The Bertz CT molecular complexity index is 706. The predicted molar refractivity (Wildman–Crippen MR) is 108 cm³/mol. The second kappa shape index (κ2) is 7.77. The molecule has 3 aliphatic rings. The number of fused-ring (bicyclic) bond motifs is 3. The quantitative estimate of drug-likeness (QED) is 0.535. The first-order valence-electron chi connectivity index (χ1n) is 10.2. The molecule has 28 heavy (non-hydrogen) atoms. The average Bonchev–Trinajstić information content (AvgIpc) is 3.04. The molecule has 2 aliphatic heterocycles. The summed E-state index contributed by atoms with van der Waals surface area (Å²) in [5, 5.41) is 0. The molecule has 0 fully saturated rings. The fourth-order valence-electron chi connectivity index (χ4n) is 5.16. The molecule has 2 bridgehead atoms. The van der Waals surface area contributed by atoms with Gasteiger partial charge in [0, 0.05) is 14.2 Å². The maximum atomic E-state index is 12.9. The summed E-state index contributed by atoms with van der Waals surface area (Å²) in [5.41, 5.74) is 1.07. The largest absolute Gasteiger partial charge is 0.466 e. The molecule has 5 heteroatoms. The minimum absolute atomic E-state index is 0.159. The van der Waals surface area contributed by atoms with Crippen LogP contribution in [0.4, 0.5) is 0 Å². The Morgan fingerprint density at radius 1 is 1.25 bits per heavy atom. The number of carbonyl (C=O) groups is 1. The summed E-state index contributed by atoms with van der Waals surface area (Å²) < 4.78 is 23.3. The van der Waals surface area contributed by atoms with Crippen molar-refractivity contribution in [2.24, 2.45) is 23.7 Å². The van der Waals surface area contributed by atoms with Crippen molar-refractivity contribution in [1.29, 1.82) is 0 Å². The van der Waals surface area contributed by atoms with Gasteiger partial charge in [-0.15, -0.1) is 0 Å². The third-order valence-electron chi connectivity index (χ3n) is 6.95. The molecule has 0 spiro atoms. The van der Waals surface area contributed by atoms with Crippen LogP contribution < -0.4 is 0 Å². The summed E-state index contributed by atoms with van der Waals surface area (Å²) in [6.45, 7) is 8.68. The summed E-state index contributed by atoms with van der Waals surface area (Å²) in [7, 11) is 4.69. The van der Waals surface area contributed by atoms with E-state index in [2.05, 4.69) is 32.9 Å². The predicted octanol–water partition coefficient (Wildman–Crippen LogP) is 4.05. The van der Waals surface area contributed by atoms with Gasteiger partial charge in [0.2, 0.25) is 5.79 Å². The first-order valence-corrected chi connectivity index (χ1v) is 10.2. The number of esters is 1. The number of hydrogen-bond donors (Lipinski definition) is 0. The molecule has 3 rings (SSSR count). The van der Waals surface area contributed by atoms with E-state index in [1.165, 1.54) is 12.7 Å². The maximum absolute atomic E-state index is 12.9. The van der Waals surface area contributed by atoms with E-state index in [1.54, 1.807) is 14.2 Å². The first-order chi connectivity index (χ1) is 13.2. The molecular formula is C23H34O5. The minimum atomic E-state index is -1.26. The fraction of sp³-hybridized carbons (Fsp3) is 0.696. The van der Waals surface area contributed by atoms with Crippen LogP contribution in [-0.2, 0) is 23.7 Å². The zero-order chi connectivity index (χ0) is 20.7. The Balaban J connectivity index is 2.22. The van der Waals surface area contributed by atoms with Crippen LogP contribution in [0.5, 0.6) is 0 Å². The van der Waals surface area contributed by atoms with Crippen LogP contribution >= 0.6 is 0 Å². The van der Waals surface area contributed by atoms with Crippen LogP contribution in [0.3, 0.4) is 0 Å². The van der Waals surface area contributed by atoms with Crippen LogP contribution in [-0.4, -0.2) is 44.8 Å². The monoisotopic (exact) mass is 390 g/mol. The highest BCUT2D eigenvalue weighted by atomic mass is 16.7. The molecule has 0 aromatic heterocycles. The van der Waals surface area contributed by atoms with Gasteiger partial charge in [-0.2, -0.15) is 0 Å². The van der Waals surface area contributed by atoms with Crippen molar-refractivity contribution >= 4 is 5.97 Å². The molecule has 6 atom stereocenters. The van der Waals surface area contributed by atoms with Crippen LogP contribution in [0.1, 0.15) is 40.5 Å². The molecule has 0 radical (unpaired) electrons. The van der Waals surface area contributed by atoms with Crippen LogP contribution in [0.2, 0.25) is 0 Å².